The standard InChI is InChI=1S/C17H18N2OS/c20-17(12-21-16-4-2-1-3-5-16)19-9-13-6-7-14-10-18-11-15(14)8-13/h1-8,18H,9-12H2,(H,19,20). The first-order chi connectivity index (χ1) is 10.3. The van der Waals surface area contributed by atoms with Crippen LogP contribution in [0.1, 0.15) is 16.7 Å². The van der Waals surface area contributed by atoms with Crippen molar-refractivity contribution in [3.8, 4) is 0 Å². The molecule has 2 aromatic carbocycles. The highest BCUT2D eigenvalue weighted by molar-refractivity contribution is 8.00. The van der Waals surface area contributed by atoms with Crippen LogP contribution in [-0.4, -0.2) is 11.7 Å². The molecule has 4 heteroatoms. The molecular formula is C17H18N2OS. The van der Waals surface area contributed by atoms with E-state index < -0.39 is 0 Å². The molecule has 0 unspecified atom stereocenters. The summed E-state index contributed by atoms with van der Waals surface area (Å²) in [4.78, 5) is 13.0. The third-order valence-electron chi connectivity index (χ3n) is 3.50. The van der Waals surface area contributed by atoms with Crippen molar-refractivity contribution in [3.63, 3.8) is 0 Å². The zero-order valence-corrected chi connectivity index (χ0v) is 12.6. The Kier molecular flexibility index (Phi) is 4.58. The second-order valence-corrected chi connectivity index (χ2v) is 6.13. The molecule has 1 aliphatic heterocycles. The van der Waals surface area contributed by atoms with Gasteiger partial charge in [0.15, 0.2) is 0 Å². The Hall–Kier alpha value is -1.78. The summed E-state index contributed by atoms with van der Waals surface area (Å²) in [6, 6.07) is 16.4. The molecule has 2 aromatic rings. The number of benzene rings is 2. The first kappa shape index (κ1) is 14.2. The molecule has 0 saturated carbocycles. The fourth-order valence-corrected chi connectivity index (χ4v) is 3.12. The minimum Gasteiger partial charge on any atom is -0.351 e. The Morgan fingerprint density at radius 2 is 1.90 bits per heavy atom. The Balaban J connectivity index is 1.47. The van der Waals surface area contributed by atoms with E-state index in [1.165, 1.54) is 11.1 Å². The third-order valence-corrected chi connectivity index (χ3v) is 4.52. The van der Waals surface area contributed by atoms with Crippen molar-refractivity contribution in [3.05, 3.63) is 65.2 Å². The average molecular weight is 298 g/mol. The monoisotopic (exact) mass is 298 g/mol. The lowest BCUT2D eigenvalue weighted by Gasteiger charge is -2.07. The van der Waals surface area contributed by atoms with Crippen LogP contribution in [0, 0.1) is 0 Å². The highest BCUT2D eigenvalue weighted by Crippen LogP contribution is 2.18. The van der Waals surface area contributed by atoms with Crippen LogP contribution in [0.25, 0.3) is 0 Å². The first-order valence-electron chi connectivity index (χ1n) is 7.07. The van der Waals surface area contributed by atoms with Crippen molar-refractivity contribution in [2.24, 2.45) is 0 Å². The number of carbonyl (C=O) groups is 1. The van der Waals surface area contributed by atoms with Gasteiger partial charge in [-0.3, -0.25) is 4.79 Å². The normalized spacial score (nSPS) is 13.0. The smallest absolute Gasteiger partial charge is 0.230 e. The quantitative estimate of drug-likeness (QED) is 0.834. The summed E-state index contributed by atoms with van der Waals surface area (Å²) in [5.74, 6) is 0.527. The summed E-state index contributed by atoms with van der Waals surface area (Å²) in [7, 11) is 0. The number of thioether (sulfide) groups is 1. The van der Waals surface area contributed by atoms with Crippen molar-refractivity contribution in [1.29, 1.82) is 0 Å². The van der Waals surface area contributed by atoms with E-state index in [4.69, 9.17) is 0 Å². The van der Waals surface area contributed by atoms with Gasteiger partial charge in [-0.15, -0.1) is 11.8 Å². The maximum atomic E-state index is 11.9. The molecule has 0 saturated heterocycles. The number of fused-ring (bicyclic) bond motifs is 1. The highest BCUT2D eigenvalue weighted by Gasteiger charge is 2.10. The summed E-state index contributed by atoms with van der Waals surface area (Å²) in [5.41, 5.74) is 3.88. The molecule has 0 spiro atoms. The molecule has 0 atom stereocenters. The number of nitrogens with one attached hydrogen (secondary N) is 2. The molecule has 1 heterocycles. The van der Waals surface area contributed by atoms with Crippen LogP contribution in [0.5, 0.6) is 0 Å². The lowest BCUT2D eigenvalue weighted by molar-refractivity contribution is -0.118. The van der Waals surface area contributed by atoms with Crippen LogP contribution >= 0.6 is 11.8 Å². The van der Waals surface area contributed by atoms with Crippen LogP contribution in [-0.2, 0) is 24.4 Å². The van der Waals surface area contributed by atoms with Gasteiger partial charge < -0.3 is 10.6 Å². The van der Waals surface area contributed by atoms with Crippen LogP contribution < -0.4 is 10.6 Å². The van der Waals surface area contributed by atoms with Crippen molar-refractivity contribution < 1.29 is 4.79 Å². The maximum absolute atomic E-state index is 11.9. The molecular weight excluding hydrogens is 280 g/mol. The zero-order valence-electron chi connectivity index (χ0n) is 11.8. The molecule has 0 bridgehead atoms. The van der Waals surface area contributed by atoms with E-state index in [0.29, 0.717) is 12.3 Å². The number of hydrogen-bond donors (Lipinski definition) is 2. The number of carbonyl (C=O) groups excluding carboxylic acids is 1. The van der Waals surface area contributed by atoms with E-state index in [2.05, 4.69) is 28.8 Å². The first-order valence-corrected chi connectivity index (χ1v) is 8.06. The van der Waals surface area contributed by atoms with Gasteiger partial charge in [-0.25, -0.2) is 0 Å². The molecule has 0 aliphatic carbocycles. The molecule has 2 N–H and O–H groups in total. The predicted octanol–water partition coefficient (Wildman–Crippen LogP) is 2.70. The second-order valence-electron chi connectivity index (χ2n) is 5.09. The largest absolute Gasteiger partial charge is 0.351 e. The predicted molar refractivity (Wildman–Crippen MR) is 86.0 cm³/mol. The van der Waals surface area contributed by atoms with E-state index in [1.807, 2.05) is 30.3 Å². The lowest BCUT2D eigenvalue weighted by atomic mass is 10.1. The maximum Gasteiger partial charge on any atom is 0.230 e. The topological polar surface area (TPSA) is 41.1 Å². The SMILES string of the molecule is O=C(CSc1ccccc1)NCc1ccc2c(c1)CNC2. The van der Waals surface area contributed by atoms with Crippen molar-refractivity contribution >= 4 is 17.7 Å². The molecule has 1 amide bonds. The van der Waals surface area contributed by atoms with E-state index in [9.17, 15) is 4.79 Å². The fourth-order valence-electron chi connectivity index (χ4n) is 2.38. The van der Waals surface area contributed by atoms with E-state index >= 15 is 0 Å². The van der Waals surface area contributed by atoms with Crippen LogP contribution in [0.4, 0.5) is 0 Å². The minimum atomic E-state index is 0.0717. The average Bonchev–Trinajstić information content (AvgIpc) is 2.99. The van der Waals surface area contributed by atoms with Crippen LogP contribution in [0.15, 0.2) is 53.4 Å². The Morgan fingerprint density at radius 1 is 1.10 bits per heavy atom. The van der Waals surface area contributed by atoms with Crippen molar-refractivity contribution in [2.75, 3.05) is 5.75 Å². The summed E-state index contributed by atoms with van der Waals surface area (Å²) in [6.45, 7) is 2.48. The van der Waals surface area contributed by atoms with Gasteiger partial charge in [0.1, 0.15) is 0 Å². The van der Waals surface area contributed by atoms with Gasteiger partial charge in [-0.2, -0.15) is 0 Å². The van der Waals surface area contributed by atoms with Gasteiger partial charge in [0, 0.05) is 24.5 Å². The minimum absolute atomic E-state index is 0.0717. The van der Waals surface area contributed by atoms with Gasteiger partial charge in [-0.1, -0.05) is 36.4 Å². The van der Waals surface area contributed by atoms with Gasteiger partial charge in [-0.05, 0) is 28.8 Å². The molecule has 108 valence electrons. The Morgan fingerprint density at radius 3 is 2.76 bits per heavy atom. The molecule has 21 heavy (non-hydrogen) atoms. The molecule has 0 aromatic heterocycles. The second kappa shape index (κ2) is 6.78. The lowest BCUT2D eigenvalue weighted by Crippen LogP contribution is -2.24. The summed E-state index contributed by atoms with van der Waals surface area (Å²) < 4.78 is 0. The third kappa shape index (κ3) is 3.86. The molecule has 3 rings (SSSR count). The van der Waals surface area contributed by atoms with Gasteiger partial charge in [0.05, 0.1) is 5.75 Å². The highest BCUT2D eigenvalue weighted by atomic mass is 32.2. The number of hydrogen-bond acceptors (Lipinski definition) is 3. The Bertz CT molecular complexity index is 628. The zero-order chi connectivity index (χ0) is 14.5. The fraction of sp³-hybridized carbons (Fsp3) is 0.235. The Labute approximate surface area is 129 Å². The summed E-state index contributed by atoms with van der Waals surface area (Å²) in [5, 5.41) is 6.31. The van der Waals surface area contributed by atoms with E-state index in [1.54, 1.807) is 11.8 Å². The van der Waals surface area contributed by atoms with Crippen LogP contribution in [0.2, 0.25) is 0 Å². The number of amides is 1. The molecule has 3 nitrogen and oxygen atoms in total. The van der Waals surface area contributed by atoms with Gasteiger partial charge >= 0.3 is 0 Å². The summed E-state index contributed by atoms with van der Waals surface area (Å²) in [6.07, 6.45) is 0. The molecule has 0 fully saturated rings. The van der Waals surface area contributed by atoms with E-state index in [-0.39, 0.29) is 5.91 Å². The van der Waals surface area contributed by atoms with Gasteiger partial charge in [0.2, 0.25) is 5.91 Å². The van der Waals surface area contributed by atoms with Gasteiger partial charge in [0.25, 0.3) is 0 Å². The summed E-state index contributed by atoms with van der Waals surface area (Å²) >= 11 is 1.56. The van der Waals surface area contributed by atoms with Crippen molar-refractivity contribution in [1.82, 2.24) is 10.6 Å². The number of rotatable bonds is 5. The molecule has 1 aliphatic rings. The van der Waals surface area contributed by atoms with E-state index in [0.717, 1.165) is 23.5 Å². The van der Waals surface area contributed by atoms with Crippen LogP contribution in [0.3, 0.4) is 0 Å². The van der Waals surface area contributed by atoms with Crippen molar-refractivity contribution in [2.45, 2.75) is 24.5 Å². The molecule has 0 radical (unpaired) electrons.